The van der Waals surface area contributed by atoms with Gasteiger partial charge >= 0.3 is 35.0 Å². The molecule has 0 bridgehead atoms. The summed E-state index contributed by atoms with van der Waals surface area (Å²) in [7, 11) is 0. The monoisotopic (exact) mass is 282 g/mol. The second kappa shape index (κ2) is 23.8. The van der Waals surface area contributed by atoms with Crippen LogP contribution in [-0.2, 0) is 39.6 Å². The molecule has 14 heavy (non-hydrogen) atoms. The molecule has 0 aliphatic rings. The Morgan fingerprint density at radius 3 is 0.714 bits per heavy atom. The molecule has 0 spiro atoms. The Morgan fingerprint density at radius 2 is 0.714 bits per heavy atom. The van der Waals surface area contributed by atoms with Crippen LogP contribution in [0.4, 0.5) is 0 Å². The van der Waals surface area contributed by atoms with Crippen molar-refractivity contribution in [3.8, 4) is 0 Å². The third-order valence-corrected chi connectivity index (χ3v) is 0. The van der Waals surface area contributed by atoms with Gasteiger partial charge in [0.2, 0.25) is 0 Å². The fraction of sp³-hybridized carbons (Fsp3) is 0. The summed E-state index contributed by atoms with van der Waals surface area (Å²) < 4.78 is 72.2. The van der Waals surface area contributed by atoms with Crippen molar-refractivity contribution < 1.29 is 75.0 Å². The maximum atomic E-state index is 8.56. The van der Waals surface area contributed by atoms with Gasteiger partial charge in [0.1, 0.15) is 0 Å². The van der Waals surface area contributed by atoms with Crippen molar-refractivity contribution in [3.05, 3.63) is 0 Å². The zero-order valence-corrected chi connectivity index (χ0v) is 10.9. The Balaban J connectivity index is -0.0000000270. The predicted octanol–water partition coefficient (Wildman–Crippen LogP) is -5.10. The molecular weight excluding hydrogens is 279 g/mol. The van der Waals surface area contributed by atoms with Crippen LogP contribution in [0.1, 0.15) is 0 Å². The van der Waals surface area contributed by atoms with Crippen LogP contribution in [0.15, 0.2) is 0 Å². The van der Waals surface area contributed by atoms with Gasteiger partial charge in [0.25, 0.3) is 0 Å². The van der Waals surface area contributed by atoms with Crippen LogP contribution >= 0.6 is 0 Å². The van der Waals surface area contributed by atoms with Crippen LogP contribution in [0, 0.1) is 0 Å². The molecule has 0 heterocycles. The van der Waals surface area contributed by atoms with E-state index in [0.29, 0.717) is 0 Å². The van der Waals surface area contributed by atoms with Gasteiger partial charge in [-0.05, 0) is 0 Å². The molecule has 4 radical (unpaired) electrons. The van der Waals surface area contributed by atoms with Gasteiger partial charge in [0.15, 0.2) is 0 Å². The van der Waals surface area contributed by atoms with Crippen molar-refractivity contribution in [1.29, 1.82) is 0 Å². The summed E-state index contributed by atoms with van der Waals surface area (Å²) >= 11 is -8.58. The van der Waals surface area contributed by atoms with Crippen LogP contribution in [0.5, 0.6) is 0 Å². The minimum absolute atomic E-state index is 0. The van der Waals surface area contributed by atoms with Crippen molar-refractivity contribution in [2.24, 2.45) is 0 Å². The Kier molecular flexibility index (Phi) is 50.0. The van der Waals surface area contributed by atoms with Gasteiger partial charge in [-0.3, -0.25) is 0 Å². The molecule has 14 heteroatoms. The minimum Gasteiger partial charge on any atom is -0.750 e. The molecule has 0 aliphatic carbocycles. The SMILES string of the molecule is O=S([O-])O.O=S([O-])O.O=S([O-])O.[Na+].[O+2]. The molecule has 3 unspecified atom stereocenters. The average Bonchev–Trinajstić information content (AvgIpc) is 1.54. The summed E-state index contributed by atoms with van der Waals surface area (Å²) in [6.07, 6.45) is 0. The quantitative estimate of drug-likeness (QED) is 0.286. The summed E-state index contributed by atoms with van der Waals surface area (Å²) in [6.45, 7) is 0. The molecule has 10 nitrogen and oxygen atoms in total. The van der Waals surface area contributed by atoms with E-state index in [1.54, 1.807) is 0 Å². The van der Waals surface area contributed by atoms with E-state index in [2.05, 4.69) is 0 Å². The molecule has 0 rings (SSSR count). The largest absolute Gasteiger partial charge is 2.00 e. The molecule has 3 N–H and O–H groups in total. The van der Waals surface area contributed by atoms with E-state index in [-0.39, 0.29) is 35.0 Å². The fourth-order valence-electron chi connectivity index (χ4n) is 0. The van der Waals surface area contributed by atoms with Crippen LogP contribution < -0.4 is 29.6 Å². The van der Waals surface area contributed by atoms with Crippen molar-refractivity contribution in [1.82, 2.24) is 0 Å². The van der Waals surface area contributed by atoms with Gasteiger partial charge in [-0.25, -0.2) is 12.6 Å². The van der Waals surface area contributed by atoms with Gasteiger partial charge in [-0.2, -0.15) is 0 Å². The van der Waals surface area contributed by atoms with E-state index >= 15 is 0 Å². The second-order valence-corrected chi connectivity index (χ2v) is 1.95. The van der Waals surface area contributed by atoms with E-state index < -0.39 is 34.1 Å². The van der Waals surface area contributed by atoms with Gasteiger partial charge in [-0.1, -0.05) is 0 Å². The van der Waals surface area contributed by atoms with Gasteiger partial charge in [0.05, 0.1) is 34.1 Å². The molecular formula is H3NaO10S3. The van der Waals surface area contributed by atoms with Gasteiger partial charge in [-0.15, -0.1) is 0 Å². The minimum atomic E-state index is -2.86. The van der Waals surface area contributed by atoms with Crippen molar-refractivity contribution in [3.63, 3.8) is 0 Å². The van der Waals surface area contributed by atoms with Crippen LogP contribution in [0.3, 0.4) is 0 Å². The fourth-order valence-corrected chi connectivity index (χ4v) is 0. The molecule has 0 fully saturated rings. The summed E-state index contributed by atoms with van der Waals surface area (Å²) in [6, 6.07) is 0. The summed E-state index contributed by atoms with van der Waals surface area (Å²) in [5.41, 5.74) is 0. The number of rotatable bonds is 0. The van der Waals surface area contributed by atoms with E-state index in [1.165, 1.54) is 0 Å². The number of hydrogen-bond donors (Lipinski definition) is 3. The molecule has 3 atom stereocenters. The second-order valence-electron chi connectivity index (χ2n) is 0.651. The zero-order chi connectivity index (χ0) is 10.7. The standard InChI is InChI=1S/Na.3H2O3S.O/c;3*1-4(2)3;/h;3*(H2,1,2,3);/q+1;;;;+2/p-3. The number of hydrogen-bond acceptors (Lipinski definition) is 6. The molecule has 0 aromatic rings. The molecule has 0 saturated heterocycles. The Bertz CT molecular complexity index is 113. The van der Waals surface area contributed by atoms with Gasteiger partial charge < -0.3 is 27.3 Å². The first kappa shape index (κ1) is 29.4. The summed E-state index contributed by atoms with van der Waals surface area (Å²) in [4.78, 5) is 0. The zero-order valence-electron chi connectivity index (χ0n) is 6.42. The first-order valence-corrected chi connectivity index (χ1v) is 4.64. The molecule has 82 valence electrons. The van der Waals surface area contributed by atoms with Gasteiger partial charge in [0, 0.05) is 0 Å². The van der Waals surface area contributed by atoms with Crippen LogP contribution in [0.2, 0.25) is 0 Å². The molecule has 0 aliphatic heterocycles. The molecule has 0 saturated carbocycles. The van der Waals surface area contributed by atoms with Crippen LogP contribution in [0.25, 0.3) is 0 Å². The van der Waals surface area contributed by atoms with E-state index in [4.69, 9.17) is 39.9 Å². The van der Waals surface area contributed by atoms with Crippen molar-refractivity contribution in [2.75, 3.05) is 0 Å². The average molecular weight is 282 g/mol. The van der Waals surface area contributed by atoms with E-state index in [0.717, 1.165) is 0 Å². The third-order valence-electron chi connectivity index (χ3n) is 0. The van der Waals surface area contributed by atoms with Crippen molar-refractivity contribution >= 4 is 34.1 Å². The Morgan fingerprint density at radius 1 is 0.714 bits per heavy atom. The predicted molar refractivity (Wildman–Crippen MR) is 35.3 cm³/mol. The van der Waals surface area contributed by atoms with Crippen molar-refractivity contribution in [2.45, 2.75) is 0 Å². The van der Waals surface area contributed by atoms with E-state index in [1.807, 2.05) is 0 Å². The smallest absolute Gasteiger partial charge is 0.750 e. The Labute approximate surface area is 108 Å². The summed E-state index contributed by atoms with van der Waals surface area (Å²) in [5.74, 6) is 0. The maximum absolute atomic E-state index is 8.56. The molecule has 0 aromatic carbocycles. The van der Waals surface area contributed by atoms with E-state index in [9.17, 15) is 0 Å². The Hall–Kier alpha value is 1.17. The first-order valence-electron chi connectivity index (χ1n) is 1.55. The summed E-state index contributed by atoms with van der Waals surface area (Å²) in [5, 5.41) is 0. The maximum Gasteiger partial charge on any atom is 2.00 e. The topological polar surface area (TPSA) is 210 Å². The normalized spacial score (nSPS) is 13.3. The molecule has 0 amide bonds. The third kappa shape index (κ3) is 1420. The van der Waals surface area contributed by atoms with Crippen LogP contribution in [-0.4, -0.2) is 39.9 Å². The molecule has 0 aromatic heterocycles. The first-order chi connectivity index (χ1) is 5.20.